The van der Waals surface area contributed by atoms with Gasteiger partial charge in [-0.3, -0.25) is 10.1 Å². The lowest BCUT2D eigenvalue weighted by Crippen LogP contribution is -2.57. The second kappa shape index (κ2) is 4.78. The standard InChI is InChI=1S/C7H14N4O2/c1-8-7(13)11-6(12)5-4-9-2-3-10-5/h5,9-10H,2-4H2,1H3,(H2,8,11,12,13). The molecule has 1 rings (SSSR count). The van der Waals surface area contributed by atoms with Gasteiger partial charge in [0, 0.05) is 26.7 Å². The van der Waals surface area contributed by atoms with Crippen molar-refractivity contribution < 1.29 is 9.59 Å². The van der Waals surface area contributed by atoms with Crippen molar-refractivity contribution in [1.29, 1.82) is 0 Å². The number of carbonyl (C=O) groups excluding carboxylic acids is 2. The monoisotopic (exact) mass is 186 g/mol. The van der Waals surface area contributed by atoms with Crippen LogP contribution in [0, 0.1) is 0 Å². The van der Waals surface area contributed by atoms with Crippen LogP contribution >= 0.6 is 0 Å². The quantitative estimate of drug-likeness (QED) is 0.382. The molecule has 1 heterocycles. The minimum absolute atomic E-state index is 0.299. The van der Waals surface area contributed by atoms with E-state index in [9.17, 15) is 9.59 Å². The largest absolute Gasteiger partial charge is 0.341 e. The third kappa shape index (κ3) is 3.00. The van der Waals surface area contributed by atoms with E-state index in [1.807, 2.05) is 0 Å². The number of amides is 3. The van der Waals surface area contributed by atoms with Crippen LogP contribution in [0.5, 0.6) is 0 Å². The smallest absolute Gasteiger partial charge is 0.321 e. The number of piperazine rings is 1. The number of hydrogen-bond acceptors (Lipinski definition) is 4. The fourth-order valence-electron chi connectivity index (χ4n) is 1.10. The Bertz CT molecular complexity index is 201. The van der Waals surface area contributed by atoms with Crippen LogP contribution in [0.25, 0.3) is 0 Å². The molecule has 1 aliphatic heterocycles. The predicted molar refractivity (Wildman–Crippen MR) is 47.3 cm³/mol. The van der Waals surface area contributed by atoms with Gasteiger partial charge in [0.15, 0.2) is 0 Å². The van der Waals surface area contributed by atoms with Crippen molar-refractivity contribution in [3.63, 3.8) is 0 Å². The molecular weight excluding hydrogens is 172 g/mol. The molecule has 1 aliphatic rings. The molecule has 0 aliphatic carbocycles. The molecule has 0 bridgehead atoms. The first-order valence-corrected chi connectivity index (χ1v) is 4.20. The summed E-state index contributed by atoms with van der Waals surface area (Å²) < 4.78 is 0. The number of hydrogen-bond donors (Lipinski definition) is 4. The lowest BCUT2D eigenvalue weighted by atomic mass is 10.2. The highest BCUT2D eigenvalue weighted by Gasteiger charge is 2.21. The SMILES string of the molecule is CNC(=O)NC(=O)C1CNCCN1. The molecule has 74 valence electrons. The van der Waals surface area contributed by atoms with E-state index in [0.717, 1.165) is 13.1 Å². The van der Waals surface area contributed by atoms with E-state index >= 15 is 0 Å². The molecule has 0 spiro atoms. The van der Waals surface area contributed by atoms with E-state index in [0.29, 0.717) is 6.54 Å². The topological polar surface area (TPSA) is 82.3 Å². The van der Waals surface area contributed by atoms with Gasteiger partial charge >= 0.3 is 6.03 Å². The molecule has 0 aromatic carbocycles. The number of imide groups is 1. The predicted octanol–water partition coefficient (Wildman–Crippen LogP) is -2.00. The Kier molecular flexibility index (Phi) is 3.66. The van der Waals surface area contributed by atoms with Crippen LogP contribution in [0.3, 0.4) is 0 Å². The number of urea groups is 1. The van der Waals surface area contributed by atoms with Crippen molar-refractivity contribution in [2.24, 2.45) is 0 Å². The summed E-state index contributed by atoms with van der Waals surface area (Å²) in [5.74, 6) is -0.299. The van der Waals surface area contributed by atoms with Gasteiger partial charge in [0.25, 0.3) is 0 Å². The first-order valence-electron chi connectivity index (χ1n) is 4.20. The van der Waals surface area contributed by atoms with E-state index in [-0.39, 0.29) is 11.9 Å². The van der Waals surface area contributed by atoms with E-state index < -0.39 is 6.03 Å². The normalized spacial score (nSPS) is 22.1. The molecule has 13 heavy (non-hydrogen) atoms. The van der Waals surface area contributed by atoms with Crippen LogP contribution < -0.4 is 21.3 Å². The highest BCUT2D eigenvalue weighted by molar-refractivity contribution is 5.97. The Morgan fingerprint density at radius 2 is 2.15 bits per heavy atom. The maximum atomic E-state index is 11.3. The minimum Gasteiger partial charge on any atom is -0.341 e. The highest BCUT2D eigenvalue weighted by atomic mass is 16.2. The summed E-state index contributed by atoms with van der Waals surface area (Å²) in [7, 11) is 1.47. The number of nitrogens with one attached hydrogen (secondary N) is 4. The van der Waals surface area contributed by atoms with Crippen molar-refractivity contribution >= 4 is 11.9 Å². The molecule has 1 unspecified atom stereocenters. The molecule has 0 saturated carbocycles. The Morgan fingerprint density at radius 3 is 2.69 bits per heavy atom. The van der Waals surface area contributed by atoms with Crippen LogP contribution in [0.15, 0.2) is 0 Å². The maximum Gasteiger partial charge on any atom is 0.321 e. The minimum atomic E-state index is -0.475. The summed E-state index contributed by atoms with van der Waals surface area (Å²) in [4.78, 5) is 22.1. The van der Waals surface area contributed by atoms with Crippen LogP contribution in [0.2, 0.25) is 0 Å². The number of carbonyl (C=O) groups is 2. The molecule has 1 saturated heterocycles. The molecule has 6 heteroatoms. The molecule has 6 nitrogen and oxygen atoms in total. The van der Waals surface area contributed by atoms with Crippen molar-refractivity contribution in [3.8, 4) is 0 Å². The van der Waals surface area contributed by atoms with Crippen molar-refractivity contribution in [2.45, 2.75) is 6.04 Å². The van der Waals surface area contributed by atoms with Gasteiger partial charge in [-0.2, -0.15) is 0 Å². The molecule has 4 N–H and O–H groups in total. The Hall–Kier alpha value is -1.14. The molecule has 1 atom stereocenters. The summed E-state index contributed by atoms with van der Waals surface area (Å²) in [6.07, 6.45) is 0. The van der Waals surface area contributed by atoms with Gasteiger partial charge in [0.1, 0.15) is 0 Å². The van der Waals surface area contributed by atoms with Gasteiger partial charge in [-0.05, 0) is 0 Å². The van der Waals surface area contributed by atoms with Gasteiger partial charge < -0.3 is 16.0 Å². The van der Waals surface area contributed by atoms with Crippen LogP contribution in [-0.4, -0.2) is 44.7 Å². The Labute approximate surface area is 76.4 Å². The first kappa shape index (κ1) is 9.94. The van der Waals surface area contributed by atoms with Gasteiger partial charge in [0.05, 0.1) is 6.04 Å². The van der Waals surface area contributed by atoms with E-state index in [1.54, 1.807) is 0 Å². The first-order chi connectivity index (χ1) is 6.24. The van der Waals surface area contributed by atoms with E-state index in [1.165, 1.54) is 7.05 Å². The second-order valence-corrected chi connectivity index (χ2v) is 2.78. The summed E-state index contributed by atoms with van der Waals surface area (Å²) in [6.45, 7) is 2.15. The highest BCUT2D eigenvalue weighted by Crippen LogP contribution is 1.86. The second-order valence-electron chi connectivity index (χ2n) is 2.78. The third-order valence-corrected chi connectivity index (χ3v) is 1.82. The molecule has 3 amide bonds. The molecular formula is C7H14N4O2. The summed E-state index contributed by atoms with van der Waals surface area (Å²) in [5.41, 5.74) is 0. The molecule has 0 radical (unpaired) electrons. The maximum absolute atomic E-state index is 11.3. The van der Waals surface area contributed by atoms with Crippen molar-refractivity contribution in [1.82, 2.24) is 21.3 Å². The van der Waals surface area contributed by atoms with Gasteiger partial charge in [-0.25, -0.2) is 4.79 Å². The summed E-state index contributed by atoms with van der Waals surface area (Å²) >= 11 is 0. The average molecular weight is 186 g/mol. The van der Waals surface area contributed by atoms with E-state index in [2.05, 4.69) is 21.3 Å². The van der Waals surface area contributed by atoms with Crippen LogP contribution in [-0.2, 0) is 4.79 Å². The van der Waals surface area contributed by atoms with Gasteiger partial charge in [-0.15, -0.1) is 0 Å². The van der Waals surface area contributed by atoms with Gasteiger partial charge in [0.2, 0.25) is 5.91 Å². The fraction of sp³-hybridized carbons (Fsp3) is 0.714. The Balaban J connectivity index is 2.33. The molecule has 1 fully saturated rings. The zero-order valence-corrected chi connectivity index (χ0v) is 7.52. The van der Waals surface area contributed by atoms with E-state index in [4.69, 9.17) is 0 Å². The lowest BCUT2D eigenvalue weighted by Gasteiger charge is -2.22. The zero-order chi connectivity index (χ0) is 9.68. The molecule has 0 aromatic rings. The number of rotatable bonds is 1. The van der Waals surface area contributed by atoms with Gasteiger partial charge in [-0.1, -0.05) is 0 Å². The summed E-state index contributed by atoms with van der Waals surface area (Å²) in [5, 5.41) is 10.6. The zero-order valence-electron chi connectivity index (χ0n) is 7.52. The van der Waals surface area contributed by atoms with Crippen molar-refractivity contribution in [2.75, 3.05) is 26.7 Å². The van der Waals surface area contributed by atoms with Crippen molar-refractivity contribution in [3.05, 3.63) is 0 Å². The summed E-state index contributed by atoms with van der Waals surface area (Å²) in [6, 6.07) is -0.788. The van der Waals surface area contributed by atoms with Crippen LogP contribution in [0.4, 0.5) is 4.79 Å². The van der Waals surface area contributed by atoms with Crippen LogP contribution in [0.1, 0.15) is 0 Å². The fourth-order valence-corrected chi connectivity index (χ4v) is 1.10. The third-order valence-electron chi connectivity index (χ3n) is 1.82. The Morgan fingerprint density at radius 1 is 1.38 bits per heavy atom. The molecule has 0 aromatic heterocycles. The average Bonchev–Trinajstić information content (AvgIpc) is 2.19. The lowest BCUT2D eigenvalue weighted by molar-refractivity contribution is -0.122.